The van der Waals surface area contributed by atoms with Crippen LogP contribution in [-0.4, -0.2) is 36.8 Å². The zero-order valence-electron chi connectivity index (χ0n) is 15.0. The van der Waals surface area contributed by atoms with E-state index in [-0.39, 0.29) is 18.2 Å². The lowest BCUT2D eigenvalue weighted by Crippen LogP contribution is -2.37. The Morgan fingerprint density at radius 2 is 2.00 bits per heavy atom. The minimum Gasteiger partial charge on any atom is -0.504 e. The number of hydrazone groups is 1. The van der Waals surface area contributed by atoms with Crippen LogP contribution in [0.2, 0.25) is 0 Å². The number of aromatic hydroxyl groups is 1. The van der Waals surface area contributed by atoms with Crippen molar-refractivity contribution in [2.45, 2.75) is 0 Å². The number of ether oxygens (including phenoxy) is 1. The van der Waals surface area contributed by atoms with Crippen LogP contribution >= 0.6 is 0 Å². The van der Waals surface area contributed by atoms with Crippen molar-refractivity contribution in [3.05, 3.63) is 65.7 Å². The summed E-state index contributed by atoms with van der Waals surface area (Å²) in [6.45, 7) is -0.136. The molecule has 0 fully saturated rings. The van der Waals surface area contributed by atoms with Crippen molar-refractivity contribution in [2.24, 2.45) is 5.10 Å². The minimum absolute atomic E-state index is 0.0185. The van der Waals surface area contributed by atoms with Crippen molar-refractivity contribution in [1.82, 2.24) is 5.43 Å². The Labute approximate surface area is 160 Å². The number of carbonyl (C=O) groups excluding carboxylic acids is 2. The standard InChI is InChI=1S/C21H17N3O4/c1-28-18-10-13(8-9-17(18)25)11-22-23-19(26)12-24-16-7-3-5-14-4-2-6-15(20(14)16)21(24)27/h2-11,25H,12H2,1H3,(H,23,26)/b22-11-. The van der Waals surface area contributed by atoms with Crippen LogP contribution in [0.4, 0.5) is 5.69 Å². The van der Waals surface area contributed by atoms with Gasteiger partial charge in [0.1, 0.15) is 6.54 Å². The van der Waals surface area contributed by atoms with Crippen LogP contribution in [0.1, 0.15) is 15.9 Å². The predicted octanol–water partition coefficient (Wildman–Crippen LogP) is 2.66. The number of benzene rings is 3. The fourth-order valence-electron chi connectivity index (χ4n) is 3.27. The molecule has 1 aliphatic rings. The topological polar surface area (TPSA) is 91.2 Å². The summed E-state index contributed by atoms with van der Waals surface area (Å²) in [5.41, 5.74) is 4.39. The Bertz CT molecular complexity index is 1120. The number of carbonyl (C=O) groups is 2. The van der Waals surface area contributed by atoms with Crippen LogP contribution < -0.4 is 15.1 Å². The fraction of sp³-hybridized carbons (Fsp3) is 0.0952. The molecule has 1 aliphatic heterocycles. The molecule has 3 aromatic rings. The molecule has 0 aliphatic carbocycles. The molecule has 0 saturated heterocycles. The molecule has 0 spiro atoms. The van der Waals surface area contributed by atoms with Gasteiger partial charge < -0.3 is 9.84 Å². The summed E-state index contributed by atoms with van der Waals surface area (Å²) < 4.78 is 5.03. The van der Waals surface area contributed by atoms with Crippen molar-refractivity contribution in [1.29, 1.82) is 0 Å². The molecule has 2 amide bonds. The highest BCUT2D eigenvalue weighted by Crippen LogP contribution is 2.36. The maximum atomic E-state index is 12.7. The van der Waals surface area contributed by atoms with Gasteiger partial charge in [-0.3, -0.25) is 14.5 Å². The third-order valence-corrected chi connectivity index (χ3v) is 4.56. The number of anilines is 1. The van der Waals surface area contributed by atoms with Gasteiger partial charge in [-0.1, -0.05) is 24.3 Å². The molecule has 140 valence electrons. The molecule has 0 radical (unpaired) electrons. The Kier molecular flexibility index (Phi) is 4.41. The highest BCUT2D eigenvalue weighted by Gasteiger charge is 2.30. The number of hydrogen-bond acceptors (Lipinski definition) is 5. The normalized spacial score (nSPS) is 12.8. The number of hydrogen-bond donors (Lipinski definition) is 2. The Balaban J connectivity index is 1.46. The summed E-state index contributed by atoms with van der Waals surface area (Å²) >= 11 is 0. The van der Waals surface area contributed by atoms with E-state index in [1.807, 2.05) is 30.3 Å². The van der Waals surface area contributed by atoms with E-state index in [0.717, 1.165) is 16.5 Å². The maximum Gasteiger partial charge on any atom is 0.260 e. The number of methoxy groups -OCH3 is 1. The minimum atomic E-state index is -0.417. The maximum absolute atomic E-state index is 12.7. The Morgan fingerprint density at radius 3 is 2.79 bits per heavy atom. The van der Waals surface area contributed by atoms with Gasteiger partial charge in [-0.05, 0) is 41.3 Å². The smallest absolute Gasteiger partial charge is 0.260 e. The van der Waals surface area contributed by atoms with E-state index in [1.54, 1.807) is 18.2 Å². The molecule has 0 saturated carbocycles. The Morgan fingerprint density at radius 1 is 1.21 bits per heavy atom. The number of nitrogens with one attached hydrogen (secondary N) is 1. The van der Waals surface area contributed by atoms with Gasteiger partial charge in [-0.2, -0.15) is 5.10 Å². The average Bonchev–Trinajstić information content (AvgIpc) is 2.97. The molecule has 1 heterocycles. The van der Waals surface area contributed by atoms with Gasteiger partial charge in [0.15, 0.2) is 11.5 Å². The summed E-state index contributed by atoms with van der Waals surface area (Å²) in [6, 6.07) is 15.9. The van der Waals surface area contributed by atoms with Crippen LogP contribution in [-0.2, 0) is 4.79 Å². The van der Waals surface area contributed by atoms with Gasteiger partial charge in [0.2, 0.25) is 0 Å². The average molecular weight is 375 g/mol. The number of phenolic OH excluding ortho intramolecular Hbond substituents is 1. The summed E-state index contributed by atoms with van der Waals surface area (Å²) in [4.78, 5) is 26.4. The largest absolute Gasteiger partial charge is 0.504 e. The van der Waals surface area contributed by atoms with Crippen molar-refractivity contribution in [3.63, 3.8) is 0 Å². The Hall–Kier alpha value is -3.87. The van der Waals surface area contributed by atoms with E-state index < -0.39 is 5.91 Å². The fourth-order valence-corrected chi connectivity index (χ4v) is 3.27. The van der Waals surface area contributed by atoms with E-state index in [2.05, 4.69) is 10.5 Å². The predicted molar refractivity (Wildman–Crippen MR) is 106 cm³/mol. The molecule has 7 nitrogen and oxygen atoms in total. The third-order valence-electron chi connectivity index (χ3n) is 4.56. The van der Waals surface area contributed by atoms with Crippen molar-refractivity contribution >= 4 is 34.5 Å². The summed E-state index contributed by atoms with van der Waals surface area (Å²) in [7, 11) is 1.45. The molecular formula is C21H17N3O4. The SMILES string of the molecule is COc1cc(/C=N\NC(=O)CN2C(=O)c3cccc4cccc2c34)ccc1O. The highest BCUT2D eigenvalue weighted by atomic mass is 16.5. The van der Waals surface area contributed by atoms with E-state index in [4.69, 9.17) is 4.74 Å². The molecule has 0 atom stereocenters. The van der Waals surface area contributed by atoms with Crippen LogP contribution in [0.5, 0.6) is 11.5 Å². The van der Waals surface area contributed by atoms with Crippen LogP contribution in [0.3, 0.4) is 0 Å². The van der Waals surface area contributed by atoms with E-state index in [0.29, 0.717) is 16.9 Å². The number of nitrogens with zero attached hydrogens (tertiary/aromatic N) is 2. The van der Waals surface area contributed by atoms with Crippen LogP contribution in [0.25, 0.3) is 10.8 Å². The van der Waals surface area contributed by atoms with Crippen molar-refractivity contribution < 1.29 is 19.4 Å². The summed E-state index contributed by atoms with van der Waals surface area (Å²) in [6.07, 6.45) is 1.43. The number of rotatable bonds is 5. The van der Waals surface area contributed by atoms with Gasteiger partial charge in [-0.15, -0.1) is 0 Å². The second kappa shape index (κ2) is 7.03. The molecular weight excluding hydrogens is 358 g/mol. The van der Waals surface area contributed by atoms with E-state index in [1.165, 1.54) is 24.3 Å². The van der Waals surface area contributed by atoms with E-state index in [9.17, 15) is 14.7 Å². The number of amides is 2. The first-order chi connectivity index (χ1) is 13.6. The molecule has 0 bridgehead atoms. The first-order valence-corrected chi connectivity index (χ1v) is 8.61. The second-order valence-electron chi connectivity index (χ2n) is 6.30. The first kappa shape index (κ1) is 17.5. The second-order valence-corrected chi connectivity index (χ2v) is 6.30. The highest BCUT2D eigenvalue weighted by molar-refractivity contribution is 6.26. The van der Waals surface area contributed by atoms with Gasteiger partial charge >= 0.3 is 0 Å². The molecule has 28 heavy (non-hydrogen) atoms. The van der Waals surface area contributed by atoms with Crippen LogP contribution in [0.15, 0.2) is 59.7 Å². The lowest BCUT2D eigenvalue weighted by Gasteiger charge is -2.16. The molecule has 4 rings (SSSR count). The van der Waals surface area contributed by atoms with Crippen LogP contribution in [0, 0.1) is 0 Å². The van der Waals surface area contributed by atoms with Crippen molar-refractivity contribution in [3.8, 4) is 11.5 Å². The molecule has 0 unspecified atom stereocenters. The zero-order valence-corrected chi connectivity index (χ0v) is 15.0. The molecule has 3 aromatic carbocycles. The van der Waals surface area contributed by atoms with Gasteiger partial charge in [0, 0.05) is 10.9 Å². The molecule has 2 N–H and O–H groups in total. The van der Waals surface area contributed by atoms with Gasteiger partial charge in [0.05, 0.1) is 19.0 Å². The summed E-state index contributed by atoms with van der Waals surface area (Å²) in [5.74, 6) is -0.289. The first-order valence-electron chi connectivity index (χ1n) is 8.61. The third kappa shape index (κ3) is 3.03. The number of phenols is 1. The zero-order chi connectivity index (χ0) is 19.7. The molecule has 7 heteroatoms. The van der Waals surface area contributed by atoms with Gasteiger partial charge in [-0.25, -0.2) is 5.43 Å². The lowest BCUT2D eigenvalue weighted by atomic mass is 10.1. The lowest BCUT2D eigenvalue weighted by molar-refractivity contribution is -0.119. The van der Waals surface area contributed by atoms with E-state index >= 15 is 0 Å². The monoisotopic (exact) mass is 375 g/mol. The molecule has 0 aromatic heterocycles. The van der Waals surface area contributed by atoms with Gasteiger partial charge in [0.25, 0.3) is 11.8 Å². The summed E-state index contributed by atoms with van der Waals surface area (Å²) in [5, 5.41) is 15.3. The van der Waals surface area contributed by atoms with Crippen molar-refractivity contribution in [2.75, 3.05) is 18.6 Å². The quantitative estimate of drug-likeness (QED) is 0.530.